The van der Waals surface area contributed by atoms with Gasteiger partial charge in [0, 0.05) is 7.05 Å². The standard InChI is InChI=1S/C11H11ClN4O2/c1-7-10(16(17)18)11(15(2)14-7)13-9-6-4-3-5-8(9)12/h3-6,13H,1-2H3. The summed E-state index contributed by atoms with van der Waals surface area (Å²) < 4.78 is 1.43. The van der Waals surface area contributed by atoms with E-state index in [1.807, 2.05) is 0 Å². The molecule has 0 unspecified atom stereocenters. The molecule has 2 rings (SSSR count). The molecule has 0 atom stereocenters. The molecule has 0 radical (unpaired) electrons. The molecular formula is C11H11ClN4O2. The highest BCUT2D eigenvalue weighted by Gasteiger charge is 2.24. The summed E-state index contributed by atoms with van der Waals surface area (Å²) >= 11 is 6.00. The molecule has 0 bridgehead atoms. The second-order valence-corrected chi connectivity index (χ2v) is 4.18. The van der Waals surface area contributed by atoms with Gasteiger partial charge in [0.2, 0.25) is 5.82 Å². The summed E-state index contributed by atoms with van der Waals surface area (Å²) in [6.07, 6.45) is 0. The van der Waals surface area contributed by atoms with Gasteiger partial charge in [-0.3, -0.25) is 10.1 Å². The number of benzene rings is 1. The molecule has 1 aromatic heterocycles. The SMILES string of the molecule is Cc1nn(C)c(Nc2ccccc2Cl)c1[N+](=O)[O-]. The first-order valence-corrected chi connectivity index (χ1v) is 5.58. The Morgan fingerprint density at radius 1 is 1.44 bits per heavy atom. The minimum absolute atomic E-state index is 0.0441. The molecule has 94 valence electrons. The summed E-state index contributed by atoms with van der Waals surface area (Å²) in [5, 5.41) is 18.5. The monoisotopic (exact) mass is 266 g/mol. The number of halogens is 1. The van der Waals surface area contributed by atoms with E-state index in [4.69, 9.17) is 11.6 Å². The maximum absolute atomic E-state index is 11.0. The second kappa shape index (κ2) is 4.66. The van der Waals surface area contributed by atoms with Gasteiger partial charge in [0.1, 0.15) is 5.69 Å². The molecule has 0 fully saturated rings. The van der Waals surface area contributed by atoms with E-state index in [1.165, 1.54) is 4.68 Å². The number of nitrogens with one attached hydrogen (secondary N) is 1. The summed E-state index contributed by atoms with van der Waals surface area (Å²) in [7, 11) is 1.64. The summed E-state index contributed by atoms with van der Waals surface area (Å²) in [5.41, 5.74) is 0.916. The Hall–Kier alpha value is -2.08. The van der Waals surface area contributed by atoms with Crippen LogP contribution in [0.2, 0.25) is 5.02 Å². The van der Waals surface area contributed by atoms with E-state index in [9.17, 15) is 10.1 Å². The van der Waals surface area contributed by atoms with Crippen LogP contribution in [0.4, 0.5) is 17.2 Å². The maximum atomic E-state index is 11.0. The van der Waals surface area contributed by atoms with Gasteiger partial charge in [-0.15, -0.1) is 0 Å². The fourth-order valence-corrected chi connectivity index (χ4v) is 1.88. The fraction of sp³-hybridized carbons (Fsp3) is 0.182. The number of rotatable bonds is 3. The predicted molar refractivity (Wildman–Crippen MR) is 69.3 cm³/mol. The lowest BCUT2D eigenvalue weighted by Crippen LogP contribution is -2.01. The topological polar surface area (TPSA) is 73.0 Å². The van der Waals surface area contributed by atoms with Gasteiger partial charge in [0.15, 0.2) is 0 Å². The van der Waals surface area contributed by atoms with Crippen molar-refractivity contribution in [2.75, 3.05) is 5.32 Å². The molecule has 1 heterocycles. The molecule has 18 heavy (non-hydrogen) atoms. The van der Waals surface area contributed by atoms with E-state index < -0.39 is 4.92 Å². The quantitative estimate of drug-likeness (QED) is 0.684. The van der Waals surface area contributed by atoms with Crippen molar-refractivity contribution < 1.29 is 4.92 Å². The number of nitro groups is 1. The normalized spacial score (nSPS) is 10.4. The lowest BCUT2D eigenvalue weighted by Gasteiger charge is -2.07. The Morgan fingerprint density at radius 2 is 2.11 bits per heavy atom. The van der Waals surface area contributed by atoms with Crippen LogP contribution in [-0.4, -0.2) is 14.7 Å². The van der Waals surface area contributed by atoms with Crippen molar-refractivity contribution in [3.63, 3.8) is 0 Å². The van der Waals surface area contributed by atoms with Crippen LogP contribution in [0.25, 0.3) is 0 Å². The Balaban J connectivity index is 2.47. The van der Waals surface area contributed by atoms with Crippen LogP contribution in [0.1, 0.15) is 5.69 Å². The Bertz CT molecular complexity index is 609. The van der Waals surface area contributed by atoms with E-state index in [2.05, 4.69) is 10.4 Å². The predicted octanol–water partition coefficient (Wildman–Crippen LogP) is 3.03. The average molecular weight is 267 g/mol. The summed E-state index contributed by atoms with van der Waals surface area (Å²) in [4.78, 5) is 10.6. The molecule has 1 N–H and O–H groups in total. The highest BCUT2D eigenvalue weighted by molar-refractivity contribution is 6.33. The number of anilines is 2. The lowest BCUT2D eigenvalue weighted by atomic mass is 10.3. The number of para-hydroxylation sites is 1. The van der Waals surface area contributed by atoms with Gasteiger partial charge in [-0.2, -0.15) is 5.10 Å². The molecular weight excluding hydrogens is 256 g/mol. The first-order chi connectivity index (χ1) is 8.50. The van der Waals surface area contributed by atoms with E-state index >= 15 is 0 Å². The molecule has 1 aromatic carbocycles. The largest absolute Gasteiger partial charge is 0.334 e. The Labute approximate surface area is 108 Å². The van der Waals surface area contributed by atoms with Gasteiger partial charge in [-0.25, -0.2) is 4.68 Å². The number of aromatic nitrogens is 2. The fourth-order valence-electron chi connectivity index (χ4n) is 1.70. The average Bonchev–Trinajstić information content (AvgIpc) is 2.57. The van der Waals surface area contributed by atoms with Crippen LogP contribution < -0.4 is 5.32 Å². The van der Waals surface area contributed by atoms with Crippen LogP contribution in [0.3, 0.4) is 0 Å². The van der Waals surface area contributed by atoms with Gasteiger partial charge in [0.05, 0.1) is 15.6 Å². The van der Waals surface area contributed by atoms with Gasteiger partial charge in [-0.1, -0.05) is 23.7 Å². The lowest BCUT2D eigenvalue weighted by molar-refractivity contribution is -0.384. The zero-order valence-corrected chi connectivity index (χ0v) is 10.6. The minimum atomic E-state index is -0.457. The Kier molecular flexibility index (Phi) is 3.20. The number of hydrogen-bond acceptors (Lipinski definition) is 4. The van der Waals surface area contributed by atoms with E-state index in [1.54, 1.807) is 38.2 Å². The molecule has 0 aliphatic rings. The van der Waals surface area contributed by atoms with Crippen molar-refractivity contribution in [3.05, 3.63) is 45.1 Å². The number of nitrogens with zero attached hydrogens (tertiary/aromatic N) is 3. The summed E-state index contributed by atoms with van der Waals surface area (Å²) in [5.74, 6) is 0.311. The highest BCUT2D eigenvalue weighted by Crippen LogP contribution is 2.32. The maximum Gasteiger partial charge on any atom is 0.334 e. The smallest absolute Gasteiger partial charge is 0.333 e. The van der Waals surface area contributed by atoms with Crippen molar-refractivity contribution in [1.29, 1.82) is 0 Å². The van der Waals surface area contributed by atoms with E-state index in [-0.39, 0.29) is 5.69 Å². The van der Waals surface area contributed by atoms with Crippen molar-refractivity contribution in [1.82, 2.24) is 9.78 Å². The van der Waals surface area contributed by atoms with Gasteiger partial charge in [0.25, 0.3) is 0 Å². The van der Waals surface area contributed by atoms with Crippen LogP contribution >= 0.6 is 11.6 Å². The molecule has 0 amide bonds. The van der Waals surface area contributed by atoms with E-state index in [0.717, 1.165) is 0 Å². The molecule has 0 aliphatic heterocycles. The third-order valence-corrected chi connectivity index (χ3v) is 2.83. The third-order valence-electron chi connectivity index (χ3n) is 2.50. The molecule has 0 saturated heterocycles. The van der Waals surface area contributed by atoms with Gasteiger partial charge >= 0.3 is 5.69 Å². The summed E-state index contributed by atoms with van der Waals surface area (Å²) in [6, 6.07) is 7.03. The van der Waals surface area contributed by atoms with Gasteiger partial charge in [-0.05, 0) is 19.1 Å². The van der Waals surface area contributed by atoms with Crippen LogP contribution in [0.15, 0.2) is 24.3 Å². The van der Waals surface area contributed by atoms with E-state index in [0.29, 0.717) is 22.2 Å². The van der Waals surface area contributed by atoms with Crippen LogP contribution in [0.5, 0.6) is 0 Å². The first-order valence-electron chi connectivity index (χ1n) is 5.20. The molecule has 6 nitrogen and oxygen atoms in total. The number of aryl methyl sites for hydroxylation is 2. The van der Waals surface area contributed by atoms with Crippen molar-refractivity contribution in [2.24, 2.45) is 7.05 Å². The zero-order valence-electron chi connectivity index (χ0n) is 9.85. The third kappa shape index (κ3) is 2.14. The summed E-state index contributed by atoms with van der Waals surface area (Å²) in [6.45, 7) is 1.59. The van der Waals surface area contributed by atoms with Crippen molar-refractivity contribution in [3.8, 4) is 0 Å². The van der Waals surface area contributed by atoms with Crippen molar-refractivity contribution in [2.45, 2.75) is 6.92 Å². The zero-order chi connectivity index (χ0) is 13.3. The Morgan fingerprint density at radius 3 is 2.72 bits per heavy atom. The molecule has 2 aromatic rings. The first kappa shape index (κ1) is 12.4. The number of hydrogen-bond donors (Lipinski definition) is 1. The molecule has 0 aliphatic carbocycles. The molecule has 7 heteroatoms. The second-order valence-electron chi connectivity index (χ2n) is 3.77. The van der Waals surface area contributed by atoms with Crippen LogP contribution in [-0.2, 0) is 7.05 Å². The molecule has 0 saturated carbocycles. The minimum Gasteiger partial charge on any atom is -0.333 e. The molecule has 0 spiro atoms. The van der Waals surface area contributed by atoms with Gasteiger partial charge < -0.3 is 5.32 Å². The van der Waals surface area contributed by atoms with Crippen LogP contribution in [0, 0.1) is 17.0 Å². The van der Waals surface area contributed by atoms with Crippen molar-refractivity contribution >= 4 is 28.8 Å². The highest BCUT2D eigenvalue weighted by atomic mass is 35.5.